The van der Waals surface area contributed by atoms with Crippen molar-refractivity contribution in [3.63, 3.8) is 0 Å². The van der Waals surface area contributed by atoms with E-state index in [2.05, 4.69) is 6.92 Å². The van der Waals surface area contributed by atoms with Crippen LogP contribution < -0.4 is 5.73 Å². The molecule has 168 valence electrons. The Bertz CT molecular complexity index is 356. The Balaban J connectivity index is 1.90. The third kappa shape index (κ3) is 10.5. The van der Waals surface area contributed by atoms with Crippen molar-refractivity contribution in [3.8, 4) is 0 Å². The summed E-state index contributed by atoms with van der Waals surface area (Å²) in [5.74, 6) is 0. The maximum absolute atomic E-state index is 9.90. The lowest BCUT2D eigenvalue weighted by Crippen LogP contribution is -2.62. The maximum atomic E-state index is 9.90. The number of aliphatic hydroxyl groups is 3. The number of aliphatic hydroxyl groups excluding tert-OH is 3. The van der Waals surface area contributed by atoms with Crippen molar-refractivity contribution in [1.29, 1.82) is 0 Å². The van der Waals surface area contributed by atoms with Crippen LogP contribution in [0.25, 0.3) is 0 Å². The summed E-state index contributed by atoms with van der Waals surface area (Å²) in [4.78, 5) is 0. The fourth-order valence-electron chi connectivity index (χ4n) is 3.75. The third-order valence-electron chi connectivity index (χ3n) is 5.71. The van der Waals surface area contributed by atoms with Crippen molar-refractivity contribution in [2.45, 2.75) is 127 Å². The van der Waals surface area contributed by atoms with Gasteiger partial charge in [0, 0.05) is 6.61 Å². The summed E-state index contributed by atoms with van der Waals surface area (Å²) in [5, 5.41) is 28.9. The fourth-order valence-corrected chi connectivity index (χ4v) is 3.75. The van der Waals surface area contributed by atoms with Crippen molar-refractivity contribution in [3.05, 3.63) is 0 Å². The Morgan fingerprint density at radius 1 is 0.750 bits per heavy atom. The van der Waals surface area contributed by atoms with Crippen LogP contribution in [-0.2, 0) is 9.47 Å². The van der Waals surface area contributed by atoms with Crippen molar-refractivity contribution in [2.24, 2.45) is 5.73 Å². The monoisotopic (exact) mass is 403 g/mol. The molecule has 1 fully saturated rings. The van der Waals surface area contributed by atoms with Gasteiger partial charge < -0.3 is 30.5 Å². The molecule has 0 amide bonds. The van der Waals surface area contributed by atoms with E-state index in [1.807, 2.05) is 0 Å². The summed E-state index contributed by atoms with van der Waals surface area (Å²) in [5.41, 5.74) is 5.85. The highest BCUT2D eigenvalue weighted by molar-refractivity contribution is 4.91. The summed E-state index contributed by atoms with van der Waals surface area (Å²) in [7, 11) is 0. The minimum atomic E-state index is -1.18. The first-order valence-corrected chi connectivity index (χ1v) is 11.6. The van der Waals surface area contributed by atoms with Crippen LogP contribution >= 0.6 is 0 Å². The molecule has 1 rings (SSSR count). The minimum Gasteiger partial charge on any atom is -0.394 e. The molecule has 1 aliphatic rings. The SMILES string of the molecule is CCCCCCCCCCCCCCCCO[C@@H]1OC(CO)[C@@H](O)C(O)C1N. The van der Waals surface area contributed by atoms with Crippen LogP contribution in [-0.4, -0.2) is 59.2 Å². The van der Waals surface area contributed by atoms with Crippen LogP contribution in [0.2, 0.25) is 0 Å². The molecule has 0 aromatic rings. The van der Waals surface area contributed by atoms with E-state index in [9.17, 15) is 15.3 Å². The van der Waals surface area contributed by atoms with E-state index in [0.29, 0.717) is 6.61 Å². The smallest absolute Gasteiger partial charge is 0.175 e. The molecule has 0 aliphatic carbocycles. The average Bonchev–Trinajstić information content (AvgIpc) is 2.70. The second-order valence-corrected chi connectivity index (χ2v) is 8.25. The van der Waals surface area contributed by atoms with Crippen LogP contribution in [0, 0.1) is 0 Å². The second kappa shape index (κ2) is 16.5. The van der Waals surface area contributed by atoms with Gasteiger partial charge in [0.25, 0.3) is 0 Å². The van der Waals surface area contributed by atoms with Gasteiger partial charge in [-0.15, -0.1) is 0 Å². The van der Waals surface area contributed by atoms with Gasteiger partial charge in [-0.05, 0) is 6.42 Å². The number of ether oxygens (including phenoxy) is 2. The largest absolute Gasteiger partial charge is 0.394 e. The van der Waals surface area contributed by atoms with Gasteiger partial charge in [0.1, 0.15) is 18.3 Å². The highest BCUT2D eigenvalue weighted by atomic mass is 16.7. The second-order valence-electron chi connectivity index (χ2n) is 8.25. The highest BCUT2D eigenvalue weighted by Crippen LogP contribution is 2.21. The van der Waals surface area contributed by atoms with Crippen LogP contribution in [0.1, 0.15) is 96.8 Å². The number of rotatable bonds is 17. The van der Waals surface area contributed by atoms with Crippen molar-refractivity contribution in [1.82, 2.24) is 0 Å². The zero-order chi connectivity index (χ0) is 20.6. The molecular weight excluding hydrogens is 358 g/mol. The van der Waals surface area contributed by atoms with Gasteiger partial charge >= 0.3 is 0 Å². The van der Waals surface area contributed by atoms with E-state index < -0.39 is 30.6 Å². The molecular formula is C22H45NO5. The first-order valence-electron chi connectivity index (χ1n) is 11.6. The molecule has 1 heterocycles. The predicted octanol–water partition coefficient (Wildman–Crippen LogP) is 3.25. The first-order chi connectivity index (χ1) is 13.6. The summed E-state index contributed by atoms with van der Waals surface area (Å²) < 4.78 is 11.1. The van der Waals surface area contributed by atoms with Crippen molar-refractivity contribution in [2.75, 3.05) is 13.2 Å². The number of nitrogens with two attached hydrogens (primary N) is 1. The summed E-state index contributed by atoms with van der Waals surface area (Å²) in [6, 6.07) is -0.801. The quantitative estimate of drug-likeness (QED) is 0.278. The summed E-state index contributed by atoms with van der Waals surface area (Å²) in [6.45, 7) is 2.40. The van der Waals surface area contributed by atoms with Crippen LogP contribution in [0.15, 0.2) is 0 Å². The zero-order valence-corrected chi connectivity index (χ0v) is 17.9. The fraction of sp³-hybridized carbons (Fsp3) is 1.00. The molecule has 1 saturated heterocycles. The first kappa shape index (κ1) is 25.8. The van der Waals surface area contributed by atoms with E-state index in [-0.39, 0.29) is 6.61 Å². The highest BCUT2D eigenvalue weighted by Gasteiger charge is 2.42. The molecule has 28 heavy (non-hydrogen) atoms. The van der Waals surface area contributed by atoms with Crippen LogP contribution in [0.4, 0.5) is 0 Å². The van der Waals surface area contributed by atoms with E-state index in [0.717, 1.165) is 12.8 Å². The lowest BCUT2D eigenvalue weighted by atomic mass is 9.98. The molecule has 5 N–H and O–H groups in total. The number of hydrogen-bond donors (Lipinski definition) is 4. The summed E-state index contributed by atoms with van der Waals surface area (Å²) in [6.07, 6.45) is 14.3. The molecule has 6 nitrogen and oxygen atoms in total. The molecule has 5 atom stereocenters. The van der Waals surface area contributed by atoms with Gasteiger partial charge in [0.05, 0.1) is 12.6 Å². The molecule has 0 aromatic carbocycles. The van der Waals surface area contributed by atoms with Gasteiger partial charge in [-0.2, -0.15) is 0 Å². The molecule has 0 saturated carbocycles. The van der Waals surface area contributed by atoms with Gasteiger partial charge in [-0.25, -0.2) is 0 Å². The standard InChI is InChI=1S/C22H45NO5/c1-2-3-4-5-6-7-8-9-10-11-12-13-14-15-16-27-22-19(23)21(26)20(25)18(17-24)28-22/h18-22,24-26H,2-17,23H2,1H3/t18?,19?,20-,21?,22-/m1/s1. The molecule has 3 unspecified atom stereocenters. The molecule has 0 bridgehead atoms. The van der Waals surface area contributed by atoms with Crippen molar-refractivity contribution >= 4 is 0 Å². The number of unbranched alkanes of at least 4 members (excludes halogenated alkanes) is 13. The Morgan fingerprint density at radius 2 is 1.21 bits per heavy atom. The van der Waals surface area contributed by atoms with E-state index in [4.69, 9.17) is 15.2 Å². The topological polar surface area (TPSA) is 105 Å². The molecule has 0 spiro atoms. The van der Waals surface area contributed by atoms with E-state index >= 15 is 0 Å². The minimum absolute atomic E-state index is 0.371. The Morgan fingerprint density at radius 3 is 1.68 bits per heavy atom. The molecule has 6 heteroatoms. The van der Waals surface area contributed by atoms with E-state index in [1.54, 1.807) is 0 Å². The zero-order valence-electron chi connectivity index (χ0n) is 17.9. The van der Waals surface area contributed by atoms with Gasteiger partial charge in [0.2, 0.25) is 0 Å². The summed E-state index contributed by atoms with van der Waals surface area (Å²) >= 11 is 0. The molecule has 0 radical (unpaired) electrons. The predicted molar refractivity (Wildman–Crippen MR) is 112 cm³/mol. The van der Waals surface area contributed by atoms with Crippen LogP contribution in [0.3, 0.4) is 0 Å². The number of hydrogen-bond acceptors (Lipinski definition) is 6. The average molecular weight is 404 g/mol. The maximum Gasteiger partial charge on any atom is 0.175 e. The molecule has 0 aromatic heterocycles. The lowest BCUT2D eigenvalue weighted by molar-refractivity contribution is -0.265. The lowest BCUT2D eigenvalue weighted by Gasteiger charge is -2.40. The van der Waals surface area contributed by atoms with Crippen LogP contribution in [0.5, 0.6) is 0 Å². The normalized spacial score (nSPS) is 28.0. The van der Waals surface area contributed by atoms with Crippen molar-refractivity contribution < 1.29 is 24.8 Å². The van der Waals surface area contributed by atoms with Gasteiger partial charge in [-0.1, -0.05) is 90.4 Å². The Hall–Kier alpha value is -0.240. The third-order valence-corrected chi connectivity index (χ3v) is 5.71. The van der Waals surface area contributed by atoms with Gasteiger partial charge in [-0.3, -0.25) is 0 Å². The Kier molecular flexibility index (Phi) is 15.2. The molecule has 1 aliphatic heterocycles. The van der Waals surface area contributed by atoms with Gasteiger partial charge in [0.15, 0.2) is 6.29 Å². The Labute approximate surface area is 171 Å². The van der Waals surface area contributed by atoms with E-state index in [1.165, 1.54) is 77.0 Å².